The lowest BCUT2D eigenvalue weighted by molar-refractivity contribution is -0.130. The molecule has 0 N–H and O–H groups in total. The molecule has 0 rings (SSSR count). The Labute approximate surface area is 55.3 Å². The van der Waals surface area contributed by atoms with E-state index in [-0.39, 0.29) is 11.6 Å². The standard InChI is InChI=1S/C7H11O2/c1-4-7(5(2)8)6(3)9/h7H,1,4H2,2-3H3. The lowest BCUT2D eigenvalue weighted by atomic mass is 9.98. The van der Waals surface area contributed by atoms with Crippen molar-refractivity contribution in [3.63, 3.8) is 0 Å². The molecular formula is C7H11O2. The van der Waals surface area contributed by atoms with Crippen molar-refractivity contribution in [2.75, 3.05) is 0 Å². The molecule has 0 aliphatic rings. The number of hydrogen-bond acceptors (Lipinski definition) is 2. The van der Waals surface area contributed by atoms with Crippen LogP contribution in [-0.2, 0) is 9.59 Å². The van der Waals surface area contributed by atoms with E-state index in [0.717, 1.165) is 0 Å². The minimum Gasteiger partial charge on any atom is -0.299 e. The van der Waals surface area contributed by atoms with Gasteiger partial charge in [-0.05, 0) is 20.3 Å². The molecular weight excluding hydrogens is 116 g/mol. The highest BCUT2D eigenvalue weighted by Gasteiger charge is 2.15. The zero-order valence-electron chi connectivity index (χ0n) is 5.81. The fourth-order valence-electron chi connectivity index (χ4n) is 0.693. The maximum absolute atomic E-state index is 10.6. The first kappa shape index (κ1) is 8.34. The maximum atomic E-state index is 10.6. The van der Waals surface area contributed by atoms with Crippen LogP contribution in [0.1, 0.15) is 20.3 Å². The average Bonchev–Trinajstić information content (AvgIpc) is 1.64. The summed E-state index contributed by atoms with van der Waals surface area (Å²) in [6.45, 7) is 6.31. The van der Waals surface area contributed by atoms with Crippen molar-refractivity contribution in [3.8, 4) is 0 Å². The van der Waals surface area contributed by atoms with Crippen LogP contribution in [0.5, 0.6) is 0 Å². The highest BCUT2D eigenvalue weighted by molar-refractivity contribution is 6.00. The summed E-state index contributed by atoms with van der Waals surface area (Å²) in [5, 5.41) is 0. The Morgan fingerprint density at radius 2 is 1.67 bits per heavy atom. The second kappa shape index (κ2) is 3.38. The topological polar surface area (TPSA) is 34.1 Å². The molecule has 0 amide bonds. The lowest BCUT2D eigenvalue weighted by Crippen LogP contribution is -2.17. The van der Waals surface area contributed by atoms with Gasteiger partial charge in [0.15, 0.2) is 0 Å². The molecule has 0 unspecified atom stereocenters. The number of carbonyl (C=O) groups is 2. The van der Waals surface area contributed by atoms with Crippen LogP contribution in [0.15, 0.2) is 0 Å². The Bertz CT molecular complexity index is 113. The second-order valence-electron chi connectivity index (χ2n) is 2.06. The molecule has 0 aromatic rings. The molecule has 0 heterocycles. The van der Waals surface area contributed by atoms with Crippen LogP contribution in [0, 0.1) is 12.8 Å². The van der Waals surface area contributed by atoms with Crippen LogP contribution < -0.4 is 0 Å². The van der Waals surface area contributed by atoms with Crippen LogP contribution in [0.2, 0.25) is 0 Å². The van der Waals surface area contributed by atoms with E-state index in [1.807, 2.05) is 0 Å². The average molecular weight is 127 g/mol. The molecule has 0 saturated heterocycles. The molecule has 0 atom stereocenters. The van der Waals surface area contributed by atoms with Crippen LogP contribution in [0.3, 0.4) is 0 Å². The minimum atomic E-state index is -0.468. The zero-order valence-corrected chi connectivity index (χ0v) is 5.81. The normalized spacial score (nSPS) is 9.78. The van der Waals surface area contributed by atoms with Gasteiger partial charge in [0.05, 0.1) is 5.92 Å². The molecule has 1 radical (unpaired) electrons. The van der Waals surface area contributed by atoms with E-state index >= 15 is 0 Å². The van der Waals surface area contributed by atoms with Gasteiger partial charge in [-0.25, -0.2) is 0 Å². The summed E-state index contributed by atoms with van der Waals surface area (Å²) in [6, 6.07) is 0. The smallest absolute Gasteiger partial charge is 0.140 e. The molecule has 0 saturated carbocycles. The Hall–Kier alpha value is -0.660. The molecule has 0 aromatic heterocycles. The van der Waals surface area contributed by atoms with Crippen LogP contribution in [0.4, 0.5) is 0 Å². The molecule has 9 heavy (non-hydrogen) atoms. The Kier molecular flexibility index (Phi) is 3.13. The van der Waals surface area contributed by atoms with Crippen LogP contribution in [0.25, 0.3) is 0 Å². The molecule has 0 fully saturated rings. The number of rotatable bonds is 3. The third kappa shape index (κ3) is 2.40. The van der Waals surface area contributed by atoms with Crippen molar-refractivity contribution in [1.29, 1.82) is 0 Å². The van der Waals surface area contributed by atoms with Gasteiger partial charge in [0.2, 0.25) is 0 Å². The Balaban J connectivity index is 3.99. The van der Waals surface area contributed by atoms with Gasteiger partial charge in [-0.3, -0.25) is 9.59 Å². The molecule has 0 aliphatic heterocycles. The van der Waals surface area contributed by atoms with Crippen molar-refractivity contribution in [3.05, 3.63) is 6.92 Å². The summed E-state index contributed by atoms with van der Waals surface area (Å²) in [5.41, 5.74) is 0. The third-order valence-electron chi connectivity index (χ3n) is 1.27. The van der Waals surface area contributed by atoms with E-state index in [1.165, 1.54) is 13.8 Å². The van der Waals surface area contributed by atoms with Crippen molar-refractivity contribution < 1.29 is 9.59 Å². The summed E-state index contributed by atoms with van der Waals surface area (Å²) in [6.07, 6.45) is 0.380. The quantitative estimate of drug-likeness (QED) is 0.530. The van der Waals surface area contributed by atoms with Gasteiger partial charge < -0.3 is 0 Å². The van der Waals surface area contributed by atoms with E-state index in [2.05, 4.69) is 6.92 Å². The molecule has 0 aromatic carbocycles. The van der Waals surface area contributed by atoms with Crippen molar-refractivity contribution in [1.82, 2.24) is 0 Å². The number of hydrogen-bond donors (Lipinski definition) is 0. The maximum Gasteiger partial charge on any atom is 0.140 e. The van der Waals surface area contributed by atoms with Crippen LogP contribution in [-0.4, -0.2) is 11.6 Å². The second-order valence-corrected chi connectivity index (χ2v) is 2.06. The van der Waals surface area contributed by atoms with E-state index in [0.29, 0.717) is 6.42 Å². The van der Waals surface area contributed by atoms with Crippen molar-refractivity contribution >= 4 is 11.6 Å². The first-order valence-electron chi connectivity index (χ1n) is 2.89. The third-order valence-corrected chi connectivity index (χ3v) is 1.27. The molecule has 51 valence electrons. The number of Topliss-reactive ketones (excluding diaryl/α,β-unsaturated/α-hetero) is 2. The zero-order chi connectivity index (χ0) is 7.44. The minimum absolute atomic E-state index is 0.0856. The van der Waals surface area contributed by atoms with Gasteiger partial charge in [-0.1, -0.05) is 6.92 Å². The number of carbonyl (C=O) groups excluding carboxylic acids is 2. The Morgan fingerprint density at radius 3 is 1.67 bits per heavy atom. The lowest BCUT2D eigenvalue weighted by Gasteiger charge is -2.03. The molecule has 2 heteroatoms. The van der Waals surface area contributed by atoms with Crippen LogP contribution >= 0.6 is 0 Å². The molecule has 0 bridgehead atoms. The first-order valence-corrected chi connectivity index (χ1v) is 2.89. The summed E-state index contributed by atoms with van der Waals surface area (Å²) in [4.78, 5) is 21.1. The molecule has 0 spiro atoms. The van der Waals surface area contributed by atoms with E-state index < -0.39 is 5.92 Å². The van der Waals surface area contributed by atoms with Crippen molar-refractivity contribution in [2.24, 2.45) is 5.92 Å². The predicted octanol–water partition coefficient (Wildman–Crippen LogP) is 1.00. The van der Waals surface area contributed by atoms with Gasteiger partial charge in [-0.15, -0.1) is 0 Å². The van der Waals surface area contributed by atoms with Crippen molar-refractivity contribution in [2.45, 2.75) is 20.3 Å². The Morgan fingerprint density at radius 1 is 1.33 bits per heavy atom. The summed E-state index contributed by atoms with van der Waals surface area (Å²) >= 11 is 0. The predicted molar refractivity (Wildman–Crippen MR) is 34.8 cm³/mol. The largest absolute Gasteiger partial charge is 0.299 e. The molecule has 2 nitrogen and oxygen atoms in total. The first-order chi connectivity index (χ1) is 4.09. The summed E-state index contributed by atoms with van der Waals surface area (Å²) in [5.74, 6) is -0.639. The van der Waals surface area contributed by atoms with Gasteiger partial charge >= 0.3 is 0 Å². The van der Waals surface area contributed by atoms with E-state index in [1.54, 1.807) is 0 Å². The van der Waals surface area contributed by atoms with E-state index in [9.17, 15) is 9.59 Å². The highest BCUT2D eigenvalue weighted by Crippen LogP contribution is 2.03. The van der Waals surface area contributed by atoms with Gasteiger partial charge in [0, 0.05) is 0 Å². The van der Waals surface area contributed by atoms with Gasteiger partial charge in [-0.2, -0.15) is 0 Å². The van der Waals surface area contributed by atoms with Gasteiger partial charge in [0.1, 0.15) is 11.6 Å². The van der Waals surface area contributed by atoms with Gasteiger partial charge in [0.25, 0.3) is 0 Å². The monoisotopic (exact) mass is 127 g/mol. The SMILES string of the molecule is [CH2]CC(C(C)=O)C(C)=O. The van der Waals surface area contributed by atoms with E-state index in [4.69, 9.17) is 0 Å². The number of ketones is 2. The highest BCUT2D eigenvalue weighted by atomic mass is 16.1. The molecule has 0 aliphatic carbocycles. The fraction of sp³-hybridized carbons (Fsp3) is 0.571. The fourth-order valence-corrected chi connectivity index (χ4v) is 0.693. The summed E-state index contributed by atoms with van der Waals surface area (Å²) < 4.78 is 0. The summed E-state index contributed by atoms with van der Waals surface area (Å²) in [7, 11) is 0.